The van der Waals surface area contributed by atoms with E-state index in [-0.39, 0.29) is 11.7 Å². The van der Waals surface area contributed by atoms with Gasteiger partial charge in [0.15, 0.2) is 17.1 Å². The van der Waals surface area contributed by atoms with E-state index in [2.05, 4.69) is 15.5 Å². The van der Waals surface area contributed by atoms with E-state index in [4.69, 9.17) is 9.15 Å². The lowest BCUT2D eigenvalue weighted by Gasteiger charge is -2.03. The van der Waals surface area contributed by atoms with E-state index >= 15 is 0 Å². The number of carbonyl (C=O) groups excluding carboxylic acids is 1. The molecule has 0 fully saturated rings. The first-order valence-electron chi connectivity index (χ1n) is 9.26. The maximum atomic E-state index is 12.6. The molecule has 144 valence electrons. The van der Waals surface area contributed by atoms with Crippen LogP contribution in [0.2, 0.25) is 0 Å². The summed E-state index contributed by atoms with van der Waals surface area (Å²) in [6.45, 7) is 2.42. The minimum atomic E-state index is -0.331. The number of hydrogen-bond acceptors (Lipinski definition) is 5. The van der Waals surface area contributed by atoms with Gasteiger partial charge in [0.1, 0.15) is 0 Å². The molecule has 4 aromatic rings. The Labute approximate surface area is 167 Å². The first-order chi connectivity index (χ1) is 14.2. The number of nitrogens with zero attached hydrogens (tertiary/aromatic N) is 2. The lowest BCUT2D eigenvalue weighted by molar-refractivity contribution is 0.0998. The quantitative estimate of drug-likeness (QED) is 0.385. The van der Waals surface area contributed by atoms with Crippen molar-refractivity contribution in [3.05, 3.63) is 84.6 Å². The molecule has 0 aliphatic heterocycles. The number of benzene rings is 3. The van der Waals surface area contributed by atoms with E-state index in [1.165, 1.54) is 0 Å². The topological polar surface area (TPSA) is 76.2 Å². The third-order valence-corrected chi connectivity index (χ3v) is 4.19. The van der Waals surface area contributed by atoms with Gasteiger partial charge in [0.25, 0.3) is 5.91 Å². The predicted molar refractivity (Wildman–Crippen MR) is 112 cm³/mol. The van der Waals surface area contributed by atoms with Crippen molar-refractivity contribution in [2.45, 2.75) is 6.92 Å². The molecule has 0 radical (unpaired) electrons. The highest BCUT2D eigenvalue weighted by atomic mass is 16.5. The molecule has 0 aliphatic carbocycles. The van der Waals surface area contributed by atoms with Crippen LogP contribution >= 0.6 is 0 Å². The highest BCUT2D eigenvalue weighted by Gasteiger charge is 2.15. The number of furan rings is 1. The number of fused-ring (bicyclic) bond motifs is 1. The molecule has 0 spiro atoms. The number of hydrogen-bond donors (Lipinski definition) is 1. The molecule has 1 N–H and O–H groups in total. The van der Waals surface area contributed by atoms with E-state index in [1.54, 1.807) is 30.3 Å². The van der Waals surface area contributed by atoms with Crippen molar-refractivity contribution in [3.8, 4) is 5.75 Å². The molecule has 0 atom stereocenters. The summed E-state index contributed by atoms with van der Waals surface area (Å²) in [6, 6.07) is 23.9. The number of rotatable bonds is 6. The van der Waals surface area contributed by atoms with Gasteiger partial charge >= 0.3 is 0 Å². The molecule has 0 aliphatic rings. The fourth-order valence-electron chi connectivity index (χ4n) is 2.83. The second-order valence-corrected chi connectivity index (χ2v) is 6.25. The largest absolute Gasteiger partial charge is 0.490 e. The van der Waals surface area contributed by atoms with Crippen molar-refractivity contribution in [1.82, 2.24) is 0 Å². The van der Waals surface area contributed by atoms with Crippen molar-refractivity contribution in [2.24, 2.45) is 10.2 Å². The fraction of sp³-hybridized carbons (Fsp3) is 0.0870. The molecule has 1 aromatic heterocycles. The first-order valence-corrected chi connectivity index (χ1v) is 9.26. The molecular weight excluding hydrogens is 366 g/mol. The summed E-state index contributed by atoms with van der Waals surface area (Å²) >= 11 is 0. The van der Waals surface area contributed by atoms with Crippen molar-refractivity contribution in [2.75, 3.05) is 11.9 Å². The van der Waals surface area contributed by atoms with E-state index < -0.39 is 0 Å². The predicted octanol–water partition coefficient (Wildman–Crippen LogP) is 6.50. The monoisotopic (exact) mass is 385 g/mol. The number of nitrogens with one attached hydrogen (secondary N) is 1. The lowest BCUT2D eigenvalue weighted by atomic mass is 10.2. The molecular formula is C23H19N3O3. The zero-order chi connectivity index (χ0) is 20.1. The molecule has 1 amide bonds. The SMILES string of the molecule is CCOc1cccc2cc(C(=O)Nc3ccc(N=Nc4ccccc4)cc3)oc12. The summed E-state index contributed by atoms with van der Waals surface area (Å²) in [5.41, 5.74) is 2.67. The van der Waals surface area contributed by atoms with Gasteiger partial charge in [-0.15, -0.1) is 0 Å². The normalized spacial score (nSPS) is 11.1. The zero-order valence-electron chi connectivity index (χ0n) is 15.8. The number of amides is 1. The van der Waals surface area contributed by atoms with E-state index in [0.717, 1.165) is 11.1 Å². The standard InChI is InChI=1S/C23H19N3O3/c1-2-28-20-10-6-7-16-15-21(29-22(16)20)23(27)24-17-11-13-19(14-12-17)26-25-18-8-4-3-5-9-18/h3-15H,2H2,1H3,(H,24,27). The Morgan fingerprint density at radius 3 is 2.38 bits per heavy atom. The minimum absolute atomic E-state index is 0.222. The average molecular weight is 385 g/mol. The van der Waals surface area contributed by atoms with Crippen LogP contribution in [0.25, 0.3) is 11.0 Å². The molecule has 0 saturated carbocycles. The molecule has 1 heterocycles. The molecule has 4 rings (SSSR count). The molecule has 6 nitrogen and oxygen atoms in total. The highest BCUT2D eigenvalue weighted by molar-refractivity contribution is 6.05. The smallest absolute Gasteiger partial charge is 0.291 e. The molecule has 0 bridgehead atoms. The van der Waals surface area contributed by atoms with Crippen molar-refractivity contribution in [3.63, 3.8) is 0 Å². The maximum absolute atomic E-state index is 12.6. The first kappa shape index (κ1) is 18.4. The Hall–Kier alpha value is -3.93. The number of anilines is 1. The van der Waals surface area contributed by atoms with Crippen LogP contribution in [0.5, 0.6) is 5.75 Å². The molecule has 0 saturated heterocycles. The van der Waals surface area contributed by atoms with Crippen LogP contribution in [0, 0.1) is 0 Å². The highest BCUT2D eigenvalue weighted by Crippen LogP contribution is 2.29. The van der Waals surface area contributed by atoms with Crippen molar-refractivity contribution < 1.29 is 13.9 Å². The molecule has 0 unspecified atom stereocenters. The Balaban J connectivity index is 1.46. The number of carbonyl (C=O) groups is 1. The van der Waals surface area contributed by atoms with Crippen LogP contribution in [-0.2, 0) is 0 Å². The van der Waals surface area contributed by atoms with Crippen molar-refractivity contribution in [1.29, 1.82) is 0 Å². The van der Waals surface area contributed by atoms with Gasteiger partial charge in [0.05, 0.1) is 18.0 Å². The molecule has 3 aromatic carbocycles. The van der Waals surface area contributed by atoms with Crippen molar-refractivity contribution >= 4 is 33.9 Å². The van der Waals surface area contributed by atoms with Crippen LogP contribution in [0.15, 0.2) is 93.5 Å². The Morgan fingerprint density at radius 1 is 0.931 bits per heavy atom. The third kappa shape index (κ3) is 4.32. The van der Waals surface area contributed by atoms with Gasteiger partial charge in [-0.1, -0.05) is 30.3 Å². The third-order valence-electron chi connectivity index (χ3n) is 4.19. The van der Waals surface area contributed by atoms with Crippen LogP contribution in [-0.4, -0.2) is 12.5 Å². The van der Waals surface area contributed by atoms with Gasteiger partial charge in [0.2, 0.25) is 0 Å². The fourth-order valence-corrected chi connectivity index (χ4v) is 2.83. The Morgan fingerprint density at radius 2 is 1.66 bits per heavy atom. The second kappa shape index (κ2) is 8.39. The van der Waals surface area contributed by atoms with Crippen LogP contribution in [0.3, 0.4) is 0 Å². The summed E-state index contributed by atoms with van der Waals surface area (Å²) in [5.74, 6) is 0.513. The zero-order valence-corrected chi connectivity index (χ0v) is 15.8. The van der Waals surface area contributed by atoms with Gasteiger partial charge in [-0.3, -0.25) is 4.79 Å². The minimum Gasteiger partial charge on any atom is -0.490 e. The summed E-state index contributed by atoms with van der Waals surface area (Å²) < 4.78 is 11.3. The lowest BCUT2D eigenvalue weighted by Crippen LogP contribution is -2.10. The van der Waals surface area contributed by atoms with Gasteiger partial charge in [-0.2, -0.15) is 10.2 Å². The number of azo groups is 1. The maximum Gasteiger partial charge on any atom is 0.291 e. The van der Waals surface area contributed by atoms with Gasteiger partial charge < -0.3 is 14.5 Å². The van der Waals surface area contributed by atoms with Gasteiger partial charge in [-0.25, -0.2) is 0 Å². The molecule has 6 heteroatoms. The van der Waals surface area contributed by atoms with Crippen LogP contribution in [0.1, 0.15) is 17.5 Å². The van der Waals surface area contributed by atoms with E-state index in [0.29, 0.717) is 29.3 Å². The number of para-hydroxylation sites is 1. The van der Waals surface area contributed by atoms with Gasteiger partial charge in [-0.05, 0) is 55.5 Å². The summed E-state index contributed by atoms with van der Waals surface area (Å²) in [7, 11) is 0. The summed E-state index contributed by atoms with van der Waals surface area (Å²) in [4.78, 5) is 12.6. The van der Waals surface area contributed by atoms with Crippen LogP contribution in [0.4, 0.5) is 17.1 Å². The second-order valence-electron chi connectivity index (χ2n) is 6.25. The average Bonchev–Trinajstić information content (AvgIpc) is 3.20. The summed E-state index contributed by atoms with van der Waals surface area (Å²) in [5, 5.41) is 12.0. The van der Waals surface area contributed by atoms with E-state index in [1.807, 2.05) is 55.5 Å². The summed E-state index contributed by atoms with van der Waals surface area (Å²) in [6.07, 6.45) is 0. The van der Waals surface area contributed by atoms with E-state index in [9.17, 15) is 4.79 Å². The van der Waals surface area contributed by atoms with Crippen LogP contribution < -0.4 is 10.1 Å². The van der Waals surface area contributed by atoms with Gasteiger partial charge in [0, 0.05) is 11.1 Å². The Bertz CT molecular complexity index is 1150. The Kier molecular flexibility index (Phi) is 5.33. The number of ether oxygens (including phenoxy) is 1. The molecule has 29 heavy (non-hydrogen) atoms.